The van der Waals surface area contributed by atoms with Gasteiger partial charge >= 0.3 is 0 Å². The third-order valence-corrected chi connectivity index (χ3v) is 7.90. The fourth-order valence-electron chi connectivity index (χ4n) is 5.96. The molecule has 1 N–H and O–H groups in total. The standard InChI is InChI=1S/C33H36N5O/c1-3-10-27(11-4-1)21-35-22-29-14-7-8-17-33(29)37(38-19-18-34-23-31(38)24-36-26-38)30-15-9-16-32(20-30)39-25-28-12-5-2-6-13-28/h1-6,9-13,15-16,18-20,23-24,26,29,33,35H,7-8,14,17,21-22,25H2/q+1. The monoisotopic (exact) mass is 518 g/mol. The Hall–Kier alpha value is -4.00. The second-order valence-corrected chi connectivity index (χ2v) is 10.5. The van der Waals surface area contributed by atoms with E-state index in [1.54, 1.807) is 0 Å². The second-order valence-electron chi connectivity index (χ2n) is 10.5. The van der Waals surface area contributed by atoms with Crippen LogP contribution in [0.25, 0.3) is 0 Å². The number of quaternary nitrogens is 1. The summed E-state index contributed by atoms with van der Waals surface area (Å²) in [7, 11) is 0. The van der Waals surface area contributed by atoms with Crippen LogP contribution in [0.2, 0.25) is 0 Å². The quantitative estimate of drug-likeness (QED) is 0.308. The fourth-order valence-corrected chi connectivity index (χ4v) is 5.96. The van der Waals surface area contributed by atoms with Crippen molar-refractivity contribution in [3.63, 3.8) is 0 Å². The molecule has 6 heteroatoms. The summed E-state index contributed by atoms with van der Waals surface area (Å²) in [6.07, 6.45) is 14.7. The van der Waals surface area contributed by atoms with Gasteiger partial charge in [-0.2, -0.15) is 0 Å². The molecule has 3 unspecified atom stereocenters. The molecule has 0 amide bonds. The molecule has 1 aliphatic carbocycles. The minimum absolute atomic E-state index is 0.315. The van der Waals surface area contributed by atoms with E-state index in [9.17, 15) is 0 Å². The summed E-state index contributed by atoms with van der Waals surface area (Å²) in [5.74, 6) is 1.36. The van der Waals surface area contributed by atoms with Crippen LogP contribution in [0.4, 0.5) is 5.69 Å². The van der Waals surface area contributed by atoms with Crippen molar-refractivity contribution in [1.82, 2.24) is 5.32 Å². The summed E-state index contributed by atoms with van der Waals surface area (Å²) in [5, 5.41) is 6.30. The zero-order chi connectivity index (χ0) is 26.3. The van der Waals surface area contributed by atoms with Crippen LogP contribution >= 0.6 is 0 Å². The maximum Gasteiger partial charge on any atom is 0.225 e. The number of allylic oxidation sites excluding steroid dienone is 1. The molecule has 198 valence electrons. The lowest BCUT2D eigenvalue weighted by molar-refractivity contribution is -0.746. The van der Waals surface area contributed by atoms with Crippen molar-refractivity contribution >= 4 is 18.2 Å². The van der Waals surface area contributed by atoms with Crippen LogP contribution in [0.1, 0.15) is 36.8 Å². The lowest BCUT2D eigenvalue weighted by atomic mass is 9.83. The Morgan fingerprint density at radius 1 is 0.872 bits per heavy atom. The normalized spacial score (nSPS) is 23.3. The summed E-state index contributed by atoms with van der Waals surface area (Å²) < 4.78 is 6.69. The summed E-state index contributed by atoms with van der Waals surface area (Å²) in [4.78, 5) is 9.06. The predicted octanol–water partition coefficient (Wildman–Crippen LogP) is 6.59. The fraction of sp³-hybridized carbons (Fsp3) is 0.273. The van der Waals surface area contributed by atoms with Crippen molar-refractivity contribution in [1.29, 1.82) is 0 Å². The third-order valence-electron chi connectivity index (χ3n) is 7.90. The van der Waals surface area contributed by atoms with Crippen molar-refractivity contribution in [3.8, 4) is 5.75 Å². The highest BCUT2D eigenvalue weighted by Crippen LogP contribution is 2.40. The van der Waals surface area contributed by atoms with E-state index in [4.69, 9.17) is 4.74 Å². The lowest BCUT2D eigenvalue weighted by Crippen LogP contribution is -2.62. The molecule has 1 saturated carbocycles. The van der Waals surface area contributed by atoms with E-state index in [2.05, 4.69) is 87.2 Å². The molecular weight excluding hydrogens is 482 g/mol. The zero-order valence-corrected chi connectivity index (χ0v) is 22.3. The SMILES string of the molecule is C1=C[N+]2(N(c3cccc(OCc4ccccc4)c3)C3CCCCC3CNCc3ccccc3)C=NC=C2C=N1. The van der Waals surface area contributed by atoms with E-state index in [0.29, 0.717) is 23.2 Å². The predicted molar refractivity (Wildman–Crippen MR) is 158 cm³/mol. The van der Waals surface area contributed by atoms with Crippen molar-refractivity contribution in [3.05, 3.63) is 120 Å². The maximum atomic E-state index is 6.27. The number of hydrogen-bond acceptors (Lipinski definition) is 5. The van der Waals surface area contributed by atoms with E-state index in [0.717, 1.165) is 42.2 Å². The van der Waals surface area contributed by atoms with Crippen LogP contribution in [-0.2, 0) is 13.2 Å². The van der Waals surface area contributed by atoms with Crippen LogP contribution in [0, 0.1) is 5.92 Å². The Labute approximate surface area is 231 Å². The number of rotatable bonds is 10. The first-order valence-electron chi connectivity index (χ1n) is 14.0. The molecule has 39 heavy (non-hydrogen) atoms. The van der Waals surface area contributed by atoms with Gasteiger partial charge in [0.15, 0.2) is 6.20 Å². The summed E-state index contributed by atoms with van der Waals surface area (Å²) >= 11 is 0. The third kappa shape index (κ3) is 5.58. The Bertz CT molecular complexity index is 1370. The van der Waals surface area contributed by atoms with E-state index in [1.165, 1.54) is 24.8 Å². The first-order valence-corrected chi connectivity index (χ1v) is 14.0. The minimum atomic E-state index is 0.315. The molecule has 0 spiro atoms. The largest absolute Gasteiger partial charge is 0.489 e. The molecule has 3 atom stereocenters. The van der Waals surface area contributed by atoms with E-state index >= 15 is 0 Å². The Morgan fingerprint density at radius 3 is 2.51 bits per heavy atom. The van der Waals surface area contributed by atoms with Crippen LogP contribution in [0.5, 0.6) is 5.75 Å². The number of nitrogens with one attached hydrogen (secondary N) is 1. The molecule has 6 nitrogen and oxygen atoms in total. The number of aliphatic imine (C=N–C) groups is 2. The van der Waals surface area contributed by atoms with Gasteiger partial charge in [0.25, 0.3) is 0 Å². The smallest absolute Gasteiger partial charge is 0.225 e. The summed E-state index contributed by atoms with van der Waals surface area (Å²) in [5.41, 5.74) is 4.65. The number of fused-ring (bicyclic) bond motifs is 1. The van der Waals surface area contributed by atoms with E-state index in [-0.39, 0.29) is 0 Å². The highest BCUT2D eigenvalue weighted by atomic mass is 16.5. The van der Waals surface area contributed by atoms with Crippen LogP contribution in [0.3, 0.4) is 0 Å². The number of anilines is 1. The van der Waals surface area contributed by atoms with Crippen molar-refractivity contribution in [2.75, 3.05) is 11.6 Å². The van der Waals surface area contributed by atoms with Crippen molar-refractivity contribution in [2.45, 2.75) is 44.9 Å². The zero-order valence-electron chi connectivity index (χ0n) is 22.3. The minimum Gasteiger partial charge on any atom is -0.489 e. The Balaban J connectivity index is 1.29. The number of ether oxygens (including phenoxy) is 1. The average molecular weight is 519 g/mol. The van der Waals surface area contributed by atoms with E-state index in [1.807, 2.05) is 49.2 Å². The number of benzene rings is 3. The van der Waals surface area contributed by atoms with E-state index < -0.39 is 0 Å². The molecule has 3 aromatic carbocycles. The van der Waals surface area contributed by atoms with Gasteiger partial charge in [-0.15, -0.1) is 4.59 Å². The molecule has 6 rings (SSSR count). The van der Waals surface area contributed by atoms with Crippen LogP contribution < -0.4 is 15.1 Å². The van der Waals surface area contributed by atoms with Gasteiger partial charge in [-0.05, 0) is 42.0 Å². The molecule has 0 radical (unpaired) electrons. The lowest BCUT2D eigenvalue weighted by Gasteiger charge is -2.47. The first-order chi connectivity index (χ1) is 19.3. The molecule has 1 fully saturated rings. The molecular formula is C33H36N5O+. The van der Waals surface area contributed by atoms with Gasteiger partial charge in [0.1, 0.15) is 12.4 Å². The van der Waals surface area contributed by atoms with Crippen molar-refractivity contribution < 1.29 is 9.33 Å². The summed E-state index contributed by atoms with van der Waals surface area (Å²) in [6.45, 7) is 2.39. The molecule has 2 heterocycles. The highest BCUT2D eigenvalue weighted by Gasteiger charge is 2.47. The van der Waals surface area contributed by atoms with Gasteiger partial charge in [-0.3, -0.25) is 4.99 Å². The second kappa shape index (κ2) is 11.8. The molecule has 0 aromatic heterocycles. The van der Waals surface area contributed by atoms with Gasteiger partial charge < -0.3 is 10.1 Å². The first kappa shape index (κ1) is 25.3. The Kier molecular flexibility index (Phi) is 7.66. The van der Waals surface area contributed by atoms with Gasteiger partial charge in [0, 0.05) is 19.2 Å². The summed E-state index contributed by atoms with van der Waals surface area (Å²) in [6, 6.07) is 29.8. The number of hydrogen-bond donors (Lipinski definition) is 1. The van der Waals surface area contributed by atoms with Gasteiger partial charge in [0.05, 0.1) is 30.3 Å². The van der Waals surface area contributed by atoms with Crippen molar-refractivity contribution in [2.24, 2.45) is 15.9 Å². The Morgan fingerprint density at radius 2 is 1.67 bits per heavy atom. The molecule has 0 bridgehead atoms. The maximum absolute atomic E-state index is 6.27. The van der Waals surface area contributed by atoms with Gasteiger partial charge in [0.2, 0.25) is 12.0 Å². The van der Waals surface area contributed by atoms with Gasteiger partial charge in [-0.25, -0.2) is 10.0 Å². The molecule has 2 aliphatic heterocycles. The van der Waals surface area contributed by atoms with Crippen LogP contribution in [0.15, 0.2) is 119 Å². The van der Waals surface area contributed by atoms with Crippen LogP contribution in [-0.4, -0.2) is 29.7 Å². The highest BCUT2D eigenvalue weighted by molar-refractivity contribution is 5.82. The molecule has 0 saturated heterocycles. The molecule has 3 aliphatic rings. The molecule has 3 aromatic rings. The topological polar surface area (TPSA) is 49.2 Å². The van der Waals surface area contributed by atoms with Gasteiger partial charge in [-0.1, -0.05) is 79.6 Å². The number of nitrogens with zero attached hydrogens (tertiary/aromatic N) is 4. The average Bonchev–Trinajstić information content (AvgIpc) is 3.43.